The van der Waals surface area contributed by atoms with Gasteiger partial charge in [0.25, 0.3) is 0 Å². The van der Waals surface area contributed by atoms with E-state index in [1.807, 2.05) is 6.92 Å². The van der Waals surface area contributed by atoms with Gasteiger partial charge in [-0.3, -0.25) is 4.21 Å². The van der Waals surface area contributed by atoms with Gasteiger partial charge < -0.3 is 9.15 Å². The van der Waals surface area contributed by atoms with Gasteiger partial charge >= 0.3 is 11.6 Å². The van der Waals surface area contributed by atoms with Crippen molar-refractivity contribution in [3.8, 4) is 0 Å². The molecule has 1 aromatic heterocycles. The molecule has 0 aliphatic rings. The maximum Gasteiger partial charge on any atom is 0.338 e. The van der Waals surface area contributed by atoms with Gasteiger partial charge in [0.15, 0.2) is 0 Å². The van der Waals surface area contributed by atoms with Crippen LogP contribution in [0.15, 0.2) is 56.6 Å². The molecule has 3 aromatic rings. The lowest BCUT2D eigenvalue weighted by Gasteiger charge is -2.09. The Hall–Kier alpha value is -2.44. The minimum absolute atomic E-state index is 0.0955. The van der Waals surface area contributed by atoms with Gasteiger partial charge in [0, 0.05) is 44.0 Å². The van der Waals surface area contributed by atoms with Crippen LogP contribution in [-0.4, -0.2) is 16.4 Å². The van der Waals surface area contributed by atoms with E-state index in [4.69, 9.17) is 20.8 Å². The van der Waals surface area contributed by atoms with Crippen molar-refractivity contribution >= 4 is 39.3 Å². The molecule has 0 aliphatic heterocycles. The minimum Gasteiger partial charge on any atom is -0.457 e. The number of hydrogen-bond donors (Lipinski definition) is 0. The number of esters is 1. The Bertz CT molecular complexity index is 1070. The highest BCUT2D eigenvalue weighted by atomic mass is 35.5. The molecule has 0 N–H and O–H groups in total. The zero-order valence-corrected chi connectivity index (χ0v) is 15.6. The van der Waals surface area contributed by atoms with Crippen molar-refractivity contribution < 1.29 is 18.2 Å². The third-order valence-electron chi connectivity index (χ3n) is 3.89. The molecule has 3 rings (SSSR count). The molecule has 0 amide bonds. The summed E-state index contributed by atoms with van der Waals surface area (Å²) < 4.78 is 21.9. The molecule has 0 fully saturated rings. The van der Waals surface area contributed by atoms with Crippen LogP contribution in [-0.2, 0) is 22.1 Å². The topological polar surface area (TPSA) is 73.6 Å². The van der Waals surface area contributed by atoms with Crippen molar-refractivity contribution in [2.45, 2.75) is 18.4 Å². The quantitative estimate of drug-likeness (QED) is 0.499. The van der Waals surface area contributed by atoms with E-state index in [9.17, 15) is 13.8 Å². The van der Waals surface area contributed by atoms with E-state index in [0.717, 1.165) is 5.56 Å². The Labute approximate surface area is 157 Å². The van der Waals surface area contributed by atoms with E-state index >= 15 is 0 Å². The molecular weight excluding hydrogens is 376 g/mol. The summed E-state index contributed by atoms with van der Waals surface area (Å²) in [6.07, 6.45) is 1.56. The highest BCUT2D eigenvalue weighted by Gasteiger charge is 2.12. The lowest BCUT2D eigenvalue weighted by atomic mass is 10.1. The summed E-state index contributed by atoms with van der Waals surface area (Å²) in [5.41, 5.74) is 1.49. The number of carbonyl (C=O) groups is 1. The Morgan fingerprint density at radius 2 is 1.88 bits per heavy atom. The number of carbonyl (C=O) groups excluding carboxylic acids is 1. The molecule has 1 atom stereocenters. The third-order valence-corrected chi connectivity index (χ3v) is 5.23. The number of benzene rings is 2. The van der Waals surface area contributed by atoms with E-state index in [1.165, 1.54) is 6.07 Å². The zero-order valence-electron chi connectivity index (χ0n) is 14.1. The SMILES string of the molecule is Cc1cc2oc(=O)cc(COC(=O)c3ccc(S(C)=O)cc3)c2cc1Cl. The Morgan fingerprint density at radius 1 is 1.19 bits per heavy atom. The first-order chi connectivity index (χ1) is 12.3. The molecular formula is C19H15ClO5S. The van der Waals surface area contributed by atoms with Crippen molar-refractivity contribution in [1.82, 2.24) is 0 Å². The molecule has 0 saturated heterocycles. The molecule has 134 valence electrons. The van der Waals surface area contributed by atoms with Crippen molar-refractivity contribution in [3.63, 3.8) is 0 Å². The molecule has 0 saturated carbocycles. The van der Waals surface area contributed by atoms with Gasteiger partial charge in [0.05, 0.1) is 5.56 Å². The first-order valence-corrected chi connectivity index (χ1v) is 9.62. The lowest BCUT2D eigenvalue weighted by molar-refractivity contribution is 0.0473. The Kier molecular flexibility index (Phi) is 5.25. The van der Waals surface area contributed by atoms with Crippen molar-refractivity contribution in [3.05, 3.63) is 74.6 Å². The van der Waals surface area contributed by atoms with Crippen LogP contribution in [0.2, 0.25) is 5.02 Å². The monoisotopic (exact) mass is 390 g/mol. The smallest absolute Gasteiger partial charge is 0.338 e. The molecule has 0 bridgehead atoms. The summed E-state index contributed by atoms with van der Waals surface area (Å²) in [6.45, 7) is 1.71. The van der Waals surface area contributed by atoms with Crippen LogP contribution in [0.1, 0.15) is 21.5 Å². The molecule has 5 nitrogen and oxygen atoms in total. The van der Waals surface area contributed by atoms with Gasteiger partial charge in [0.2, 0.25) is 0 Å². The summed E-state index contributed by atoms with van der Waals surface area (Å²) >= 11 is 6.15. The Morgan fingerprint density at radius 3 is 2.54 bits per heavy atom. The van der Waals surface area contributed by atoms with Gasteiger partial charge in [-0.2, -0.15) is 0 Å². The number of aryl methyl sites for hydroxylation is 1. The van der Waals surface area contributed by atoms with Crippen LogP contribution in [0, 0.1) is 6.92 Å². The fourth-order valence-corrected chi connectivity index (χ4v) is 3.16. The molecule has 0 radical (unpaired) electrons. The summed E-state index contributed by atoms with van der Waals surface area (Å²) in [4.78, 5) is 24.6. The lowest BCUT2D eigenvalue weighted by Crippen LogP contribution is -2.08. The van der Waals surface area contributed by atoms with Gasteiger partial charge in [-0.25, -0.2) is 9.59 Å². The summed E-state index contributed by atoms with van der Waals surface area (Å²) in [5.74, 6) is -0.543. The normalized spacial score (nSPS) is 12.1. The number of hydrogen-bond acceptors (Lipinski definition) is 5. The average molecular weight is 391 g/mol. The minimum atomic E-state index is -1.12. The molecule has 1 unspecified atom stereocenters. The van der Waals surface area contributed by atoms with E-state index in [2.05, 4.69) is 0 Å². The first-order valence-electron chi connectivity index (χ1n) is 7.68. The summed E-state index contributed by atoms with van der Waals surface area (Å²) in [7, 11) is -1.12. The zero-order chi connectivity index (χ0) is 18.8. The van der Waals surface area contributed by atoms with Crippen molar-refractivity contribution in [2.75, 3.05) is 6.26 Å². The van der Waals surface area contributed by atoms with Crippen LogP contribution in [0.25, 0.3) is 11.0 Å². The van der Waals surface area contributed by atoms with Crippen LogP contribution < -0.4 is 5.63 Å². The standard InChI is InChI=1S/C19H15ClO5S/c1-11-7-17-15(9-16(11)20)13(8-18(21)25-17)10-24-19(22)12-3-5-14(6-4-12)26(2)23/h3-9H,10H2,1-2H3. The number of ether oxygens (including phenoxy) is 1. The Balaban J connectivity index is 1.85. The largest absolute Gasteiger partial charge is 0.457 e. The van der Waals surface area contributed by atoms with Crippen LogP contribution >= 0.6 is 11.6 Å². The predicted octanol–water partition coefficient (Wildman–Crippen LogP) is 3.85. The second-order valence-corrected chi connectivity index (χ2v) is 7.53. The van der Waals surface area contributed by atoms with E-state index in [0.29, 0.717) is 32.0 Å². The molecule has 7 heteroatoms. The number of rotatable bonds is 4. The molecule has 0 aliphatic carbocycles. The summed E-state index contributed by atoms with van der Waals surface area (Å²) in [5, 5.41) is 1.15. The predicted molar refractivity (Wildman–Crippen MR) is 100 cm³/mol. The van der Waals surface area contributed by atoms with Crippen LogP contribution in [0.3, 0.4) is 0 Å². The molecule has 1 heterocycles. The fraction of sp³-hybridized carbons (Fsp3) is 0.158. The van der Waals surface area contributed by atoms with Gasteiger partial charge in [-0.15, -0.1) is 0 Å². The van der Waals surface area contributed by atoms with E-state index in [-0.39, 0.29) is 6.61 Å². The van der Waals surface area contributed by atoms with Crippen molar-refractivity contribution in [2.24, 2.45) is 0 Å². The average Bonchev–Trinajstić information content (AvgIpc) is 2.61. The highest BCUT2D eigenvalue weighted by Crippen LogP contribution is 2.25. The first kappa shape index (κ1) is 18.4. The van der Waals surface area contributed by atoms with Crippen LogP contribution in [0.4, 0.5) is 0 Å². The fourth-order valence-electron chi connectivity index (χ4n) is 2.48. The van der Waals surface area contributed by atoms with Gasteiger partial charge in [-0.1, -0.05) is 11.6 Å². The maximum atomic E-state index is 12.2. The molecule has 2 aromatic carbocycles. The third kappa shape index (κ3) is 3.86. The second-order valence-electron chi connectivity index (χ2n) is 5.74. The number of halogens is 1. The van der Waals surface area contributed by atoms with Crippen LogP contribution in [0.5, 0.6) is 0 Å². The molecule has 0 spiro atoms. The second kappa shape index (κ2) is 7.43. The van der Waals surface area contributed by atoms with Crippen molar-refractivity contribution in [1.29, 1.82) is 0 Å². The number of fused-ring (bicyclic) bond motifs is 1. The van der Waals surface area contributed by atoms with Gasteiger partial charge in [-0.05, 0) is 48.9 Å². The maximum absolute atomic E-state index is 12.2. The highest BCUT2D eigenvalue weighted by molar-refractivity contribution is 7.84. The van der Waals surface area contributed by atoms with E-state index in [1.54, 1.807) is 42.7 Å². The van der Waals surface area contributed by atoms with Gasteiger partial charge in [0.1, 0.15) is 12.2 Å². The summed E-state index contributed by atoms with van der Waals surface area (Å²) in [6, 6.07) is 11.0. The van der Waals surface area contributed by atoms with E-state index < -0.39 is 22.4 Å². The molecule has 26 heavy (non-hydrogen) atoms.